The molecule has 0 amide bonds. The number of nitrogens with zero attached hydrogens (tertiary/aromatic N) is 1. The second kappa shape index (κ2) is 5.27. The molecule has 9 heteroatoms. The predicted octanol–water partition coefficient (Wildman–Crippen LogP) is 1.94. The van der Waals surface area contributed by atoms with Gasteiger partial charge in [-0.3, -0.25) is 9.52 Å². The van der Waals surface area contributed by atoms with Crippen molar-refractivity contribution in [2.24, 2.45) is 0 Å². The van der Waals surface area contributed by atoms with Crippen molar-refractivity contribution >= 4 is 43.8 Å². The number of hydrogen-bond acceptors (Lipinski definition) is 6. The highest BCUT2D eigenvalue weighted by Gasteiger charge is 2.19. The van der Waals surface area contributed by atoms with Gasteiger partial charge in [0.15, 0.2) is 5.13 Å². The number of hydrogen-bond donors (Lipinski definition) is 2. The average Bonchev–Trinajstić information content (AvgIpc) is 2.87. The van der Waals surface area contributed by atoms with Crippen molar-refractivity contribution in [3.63, 3.8) is 0 Å². The Bertz CT molecular complexity index is 702. The zero-order valence-electron chi connectivity index (χ0n) is 9.78. The first-order valence-electron chi connectivity index (χ1n) is 5.12. The number of aliphatic carboxylic acids is 1. The van der Waals surface area contributed by atoms with Crippen LogP contribution in [0.5, 0.6) is 0 Å². The highest BCUT2D eigenvalue weighted by atomic mass is 32.2. The van der Waals surface area contributed by atoms with Crippen molar-refractivity contribution in [2.45, 2.75) is 17.6 Å². The molecule has 2 heterocycles. The van der Waals surface area contributed by atoms with Gasteiger partial charge >= 0.3 is 5.97 Å². The third-order valence-corrected chi connectivity index (χ3v) is 5.94. The highest BCUT2D eigenvalue weighted by Crippen LogP contribution is 2.26. The summed E-state index contributed by atoms with van der Waals surface area (Å²) in [7, 11) is -3.69. The number of aryl methyl sites for hydroxylation is 1. The smallest absolute Gasteiger partial charge is 0.308 e. The molecule has 0 saturated carbocycles. The topological polar surface area (TPSA) is 96.4 Å². The number of carboxylic acids is 1. The van der Waals surface area contributed by atoms with Gasteiger partial charge in [0.05, 0.1) is 6.42 Å². The third-order valence-electron chi connectivity index (χ3n) is 2.07. The summed E-state index contributed by atoms with van der Waals surface area (Å²) in [4.78, 5) is 15.9. The fourth-order valence-corrected chi connectivity index (χ4v) is 4.57. The summed E-state index contributed by atoms with van der Waals surface area (Å²) in [6.45, 7) is 1.82. The van der Waals surface area contributed by atoms with Crippen LogP contribution >= 0.6 is 22.7 Å². The van der Waals surface area contributed by atoms with Crippen LogP contribution < -0.4 is 4.72 Å². The van der Waals surface area contributed by atoms with E-state index < -0.39 is 16.0 Å². The molecule has 0 aromatic carbocycles. The summed E-state index contributed by atoms with van der Waals surface area (Å²) in [5.41, 5.74) is 0. The molecule has 0 spiro atoms. The van der Waals surface area contributed by atoms with Crippen LogP contribution in [-0.4, -0.2) is 24.5 Å². The van der Waals surface area contributed by atoms with Gasteiger partial charge in [-0.2, -0.15) is 0 Å². The molecule has 2 aromatic rings. The van der Waals surface area contributed by atoms with Crippen LogP contribution in [0.15, 0.2) is 22.5 Å². The maximum absolute atomic E-state index is 12.0. The fraction of sp³-hybridized carbons (Fsp3) is 0.200. The van der Waals surface area contributed by atoms with Crippen molar-refractivity contribution < 1.29 is 18.3 Å². The van der Waals surface area contributed by atoms with Gasteiger partial charge in [-0.15, -0.1) is 22.7 Å². The van der Waals surface area contributed by atoms with Gasteiger partial charge in [0.1, 0.15) is 4.21 Å². The number of nitrogens with one attached hydrogen (secondary N) is 1. The molecule has 0 aliphatic heterocycles. The molecular weight excluding hydrogens is 308 g/mol. The number of rotatable bonds is 5. The SMILES string of the molecule is Cc1cnc(NS(=O)(=O)c2ccc(CC(=O)O)s2)s1. The Morgan fingerprint density at radius 2 is 2.16 bits per heavy atom. The summed E-state index contributed by atoms with van der Waals surface area (Å²) in [6.07, 6.45) is 1.39. The van der Waals surface area contributed by atoms with E-state index in [1.54, 1.807) is 6.20 Å². The molecule has 0 fully saturated rings. The number of aromatic nitrogens is 1. The zero-order chi connectivity index (χ0) is 14.0. The Kier molecular flexibility index (Phi) is 3.88. The standard InChI is InChI=1S/C10H10N2O4S3/c1-6-5-11-10(17-6)12-19(15,16)9-3-2-7(18-9)4-8(13)14/h2-3,5H,4H2,1H3,(H,11,12)(H,13,14). The molecule has 0 unspecified atom stereocenters. The largest absolute Gasteiger partial charge is 0.481 e. The van der Waals surface area contributed by atoms with Crippen LogP contribution in [0.2, 0.25) is 0 Å². The summed E-state index contributed by atoms with van der Waals surface area (Å²) < 4.78 is 26.5. The van der Waals surface area contributed by atoms with Crippen LogP contribution in [-0.2, 0) is 21.2 Å². The summed E-state index contributed by atoms with van der Waals surface area (Å²) >= 11 is 2.18. The Morgan fingerprint density at radius 3 is 2.74 bits per heavy atom. The molecule has 0 aliphatic rings. The molecule has 102 valence electrons. The summed E-state index contributed by atoms with van der Waals surface area (Å²) in [5.74, 6) is -0.991. The number of carbonyl (C=O) groups is 1. The molecule has 2 aromatic heterocycles. The lowest BCUT2D eigenvalue weighted by Crippen LogP contribution is -2.11. The van der Waals surface area contributed by atoms with Crippen molar-refractivity contribution in [2.75, 3.05) is 4.72 Å². The van der Waals surface area contributed by atoms with Gasteiger partial charge in [-0.25, -0.2) is 13.4 Å². The lowest BCUT2D eigenvalue weighted by Gasteiger charge is -2.01. The molecule has 0 aliphatic carbocycles. The molecule has 0 atom stereocenters. The molecule has 0 bridgehead atoms. The first-order valence-corrected chi connectivity index (χ1v) is 8.24. The van der Waals surface area contributed by atoms with Crippen LogP contribution in [0.4, 0.5) is 5.13 Å². The molecule has 2 rings (SSSR count). The van der Waals surface area contributed by atoms with Gasteiger partial charge in [-0.1, -0.05) is 0 Å². The van der Waals surface area contributed by atoms with E-state index in [0.29, 0.717) is 10.0 Å². The monoisotopic (exact) mass is 318 g/mol. The molecule has 6 nitrogen and oxygen atoms in total. The first-order chi connectivity index (χ1) is 8.87. The second-order valence-electron chi connectivity index (χ2n) is 3.67. The van der Waals surface area contributed by atoms with Crippen LogP contribution in [0, 0.1) is 6.92 Å². The predicted molar refractivity (Wildman–Crippen MR) is 73.3 cm³/mol. The maximum Gasteiger partial charge on any atom is 0.308 e. The summed E-state index contributed by atoms with van der Waals surface area (Å²) in [6, 6.07) is 2.90. The fourth-order valence-electron chi connectivity index (χ4n) is 1.31. The minimum Gasteiger partial charge on any atom is -0.481 e. The van der Waals surface area contributed by atoms with Gasteiger partial charge in [0.25, 0.3) is 10.0 Å². The van der Waals surface area contributed by atoms with Gasteiger partial charge in [0, 0.05) is 16.0 Å². The number of thiophene rings is 1. The van der Waals surface area contributed by atoms with Gasteiger partial charge < -0.3 is 5.11 Å². The van der Waals surface area contributed by atoms with Crippen LogP contribution in [0.1, 0.15) is 9.75 Å². The van der Waals surface area contributed by atoms with E-state index in [1.165, 1.54) is 23.5 Å². The first kappa shape index (κ1) is 14.0. The molecule has 0 radical (unpaired) electrons. The molecule has 19 heavy (non-hydrogen) atoms. The number of carboxylic acid groups (broad SMARTS) is 1. The summed E-state index contributed by atoms with van der Waals surface area (Å²) in [5, 5.41) is 8.95. The van der Waals surface area contributed by atoms with E-state index in [-0.39, 0.29) is 10.6 Å². The number of sulfonamides is 1. The minimum absolute atomic E-state index is 0.0802. The molecule has 0 saturated heterocycles. The lowest BCUT2D eigenvalue weighted by atomic mass is 10.3. The second-order valence-corrected chi connectivity index (χ2v) is 7.99. The Balaban J connectivity index is 2.19. The quantitative estimate of drug-likeness (QED) is 0.878. The Labute approximate surface area is 117 Å². The van der Waals surface area contributed by atoms with E-state index in [2.05, 4.69) is 9.71 Å². The van der Waals surface area contributed by atoms with Gasteiger partial charge in [-0.05, 0) is 19.1 Å². The van der Waals surface area contributed by atoms with E-state index in [0.717, 1.165) is 16.2 Å². The minimum atomic E-state index is -3.69. The normalized spacial score (nSPS) is 11.4. The van der Waals surface area contributed by atoms with E-state index in [1.807, 2.05) is 6.92 Å². The van der Waals surface area contributed by atoms with Crippen LogP contribution in [0.25, 0.3) is 0 Å². The van der Waals surface area contributed by atoms with Crippen molar-refractivity contribution in [3.8, 4) is 0 Å². The van der Waals surface area contributed by atoms with Crippen molar-refractivity contribution in [1.29, 1.82) is 0 Å². The lowest BCUT2D eigenvalue weighted by molar-refractivity contribution is -0.136. The van der Waals surface area contributed by atoms with E-state index in [4.69, 9.17) is 5.11 Å². The Morgan fingerprint density at radius 1 is 1.42 bits per heavy atom. The van der Waals surface area contributed by atoms with Crippen LogP contribution in [0.3, 0.4) is 0 Å². The molecule has 2 N–H and O–H groups in total. The molecular formula is C10H10N2O4S3. The van der Waals surface area contributed by atoms with Gasteiger partial charge in [0.2, 0.25) is 0 Å². The van der Waals surface area contributed by atoms with E-state index in [9.17, 15) is 13.2 Å². The van der Waals surface area contributed by atoms with Crippen molar-refractivity contribution in [1.82, 2.24) is 4.98 Å². The zero-order valence-corrected chi connectivity index (χ0v) is 12.2. The number of anilines is 1. The highest BCUT2D eigenvalue weighted by molar-refractivity contribution is 7.94. The third kappa shape index (κ3) is 3.52. The number of thiazole rings is 1. The Hall–Kier alpha value is -1.45. The average molecular weight is 318 g/mol. The van der Waals surface area contributed by atoms with E-state index >= 15 is 0 Å². The van der Waals surface area contributed by atoms with Crippen molar-refractivity contribution in [3.05, 3.63) is 28.1 Å². The maximum atomic E-state index is 12.0.